The average Bonchev–Trinajstić information content (AvgIpc) is 3.99. The molecule has 0 fully saturated rings. The van der Waals surface area contributed by atoms with Crippen molar-refractivity contribution >= 4 is 94.4 Å². The number of para-hydroxylation sites is 6. The largest absolute Gasteiger partial charge is 0.454 e. The van der Waals surface area contributed by atoms with Gasteiger partial charge in [0, 0.05) is 38.2 Å². The van der Waals surface area contributed by atoms with E-state index in [0.29, 0.717) is 0 Å². The number of hydrogen-bond acceptors (Lipinski definition) is 4. The van der Waals surface area contributed by atoms with Crippen LogP contribution in [0.5, 0.6) is 0 Å². The molecule has 0 N–H and O–H groups in total. The Hall–Kier alpha value is -8.86. The molecule has 12 aromatic rings. The molecule has 0 radical (unpaired) electrons. The normalized spacial score (nSPS) is 13.1. The van der Waals surface area contributed by atoms with Crippen molar-refractivity contribution < 1.29 is 8.83 Å². The molecular formula is C64H42N2O2. The number of fused-ring (bicyclic) bond motifs is 6. The summed E-state index contributed by atoms with van der Waals surface area (Å²) in [6.07, 6.45) is 6.50. The third kappa shape index (κ3) is 5.87. The highest BCUT2D eigenvalue weighted by Gasteiger charge is 2.33. The fraction of sp³-hybridized carbons (Fsp3) is 0.0312. The smallest absolute Gasteiger partial charge is 0.159 e. The fourth-order valence-electron chi connectivity index (χ4n) is 11.1. The summed E-state index contributed by atoms with van der Waals surface area (Å²) in [6.45, 7) is 0. The van der Waals surface area contributed by atoms with E-state index >= 15 is 0 Å². The van der Waals surface area contributed by atoms with Crippen LogP contribution in [-0.4, -0.2) is 0 Å². The van der Waals surface area contributed by atoms with Gasteiger partial charge in [0.05, 0.1) is 34.1 Å². The third-order valence-corrected chi connectivity index (χ3v) is 14.1. The van der Waals surface area contributed by atoms with E-state index < -0.39 is 0 Å². The van der Waals surface area contributed by atoms with Crippen LogP contribution in [0.3, 0.4) is 0 Å². The lowest BCUT2D eigenvalue weighted by molar-refractivity contribution is 0.668. The van der Waals surface area contributed by atoms with E-state index in [1.54, 1.807) is 0 Å². The van der Waals surface area contributed by atoms with Crippen LogP contribution < -0.4 is 9.80 Å². The Morgan fingerprint density at radius 2 is 0.838 bits per heavy atom. The number of allylic oxidation sites excluding steroid dienone is 3. The van der Waals surface area contributed by atoms with Crippen molar-refractivity contribution in [3.8, 4) is 22.3 Å². The summed E-state index contributed by atoms with van der Waals surface area (Å²) in [5, 5.41) is 6.93. The van der Waals surface area contributed by atoms with Gasteiger partial charge in [-0.3, -0.25) is 0 Å². The summed E-state index contributed by atoms with van der Waals surface area (Å²) in [4.78, 5) is 4.93. The van der Waals surface area contributed by atoms with E-state index in [2.05, 4.69) is 240 Å². The van der Waals surface area contributed by atoms with Gasteiger partial charge in [-0.1, -0.05) is 188 Å². The van der Waals surface area contributed by atoms with Gasteiger partial charge < -0.3 is 18.6 Å². The fourth-order valence-corrected chi connectivity index (χ4v) is 11.1. The molecule has 4 heteroatoms. The average molecular weight is 871 g/mol. The van der Waals surface area contributed by atoms with Gasteiger partial charge in [0.2, 0.25) is 0 Å². The molecule has 10 aromatic carbocycles. The highest BCUT2D eigenvalue weighted by atomic mass is 16.3. The zero-order valence-corrected chi connectivity index (χ0v) is 37.1. The molecule has 0 spiro atoms. The Morgan fingerprint density at radius 1 is 0.338 bits per heavy atom. The van der Waals surface area contributed by atoms with Crippen LogP contribution in [0.1, 0.15) is 23.1 Å². The van der Waals surface area contributed by atoms with E-state index in [-0.39, 0.29) is 0 Å². The molecule has 0 saturated carbocycles. The Bertz CT molecular complexity index is 4040. The molecular weight excluding hydrogens is 829 g/mol. The highest BCUT2D eigenvalue weighted by molar-refractivity contribution is 6.15. The monoisotopic (exact) mass is 870 g/mol. The zero-order chi connectivity index (χ0) is 44.7. The first-order valence-electron chi connectivity index (χ1n) is 23.4. The number of furan rings is 2. The van der Waals surface area contributed by atoms with Gasteiger partial charge in [-0.25, -0.2) is 0 Å². The summed E-state index contributed by atoms with van der Waals surface area (Å²) in [5.74, 6) is 0. The Morgan fingerprint density at radius 3 is 1.47 bits per heavy atom. The maximum absolute atomic E-state index is 6.86. The lowest BCUT2D eigenvalue weighted by atomic mass is 9.79. The Labute approximate surface area is 393 Å². The maximum atomic E-state index is 6.86. The van der Waals surface area contributed by atoms with Crippen molar-refractivity contribution in [2.75, 3.05) is 9.80 Å². The second-order valence-electron chi connectivity index (χ2n) is 17.8. The van der Waals surface area contributed by atoms with E-state index in [0.717, 1.165) is 113 Å². The van der Waals surface area contributed by atoms with E-state index in [4.69, 9.17) is 8.83 Å². The standard InChI is InChI=1S/C64H42N2O2/c1-3-17-41(18-4-1)45-21-7-11-27-53(45)65(57-29-15-25-49-47-23-9-13-31-59(47)67-63(49)57)55-39-35-43-34-38-52-56(40-36-44-33-37-51(55)61(43)62(44)52)66(54-28-12-8-22-46(54)42-19-5-2-6-20-42)58-30-16-26-50-48-24-10-14-32-60(48)68-64(50)58/h1-35,38-40H,36-37H2. The van der Waals surface area contributed by atoms with Crippen LogP contribution in [0.15, 0.2) is 239 Å². The molecule has 14 rings (SSSR count). The van der Waals surface area contributed by atoms with Crippen LogP contribution >= 0.6 is 0 Å². The summed E-state index contributed by atoms with van der Waals surface area (Å²) in [7, 11) is 0. The Balaban J connectivity index is 1.03. The molecule has 0 aliphatic heterocycles. The van der Waals surface area contributed by atoms with Crippen molar-refractivity contribution in [3.63, 3.8) is 0 Å². The van der Waals surface area contributed by atoms with Gasteiger partial charge >= 0.3 is 0 Å². The lowest BCUT2D eigenvalue weighted by Gasteiger charge is -2.36. The molecule has 2 heterocycles. The minimum Gasteiger partial charge on any atom is -0.454 e. The van der Waals surface area contributed by atoms with Crippen LogP contribution in [0.4, 0.5) is 28.4 Å². The molecule has 2 aliphatic rings. The number of rotatable bonds is 8. The van der Waals surface area contributed by atoms with E-state index in [1.807, 2.05) is 0 Å². The molecule has 0 bridgehead atoms. The van der Waals surface area contributed by atoms with Gasteiger partial charge in [0.1, 0.15) is 11.2 Å². The van der Waals surface area contributed by atoms with Gasteiger partial charge in [-0.15, -0.1) is 0 Å². The summed E-state index contributed by atoms with van der Waals surface area (Å²) in [6, 6.07) is 78.3. The SMILES string of the molecule is C1=C2CC=C(N(c3ccccc3-c3ccccc3)c3cccc4c3oc3ccccc34)c3ccc4ccc(N(c5ccccc5-c5ccccc5)c5cccc6c5oc5ccccc56)c(c4c32)C1. The molecule has 0 amide bonds. The third-order valence-electron chi connectivity index (χ3n) is 14.1. The van der Waals surface area contributed by atoms with Crippen molar-refractivity contribution in [1.82, 2.24) is 0 Å². The quantitative estimate of drug-likeness (QED) is 0.152. The number of hydrogen-bond donors (Lipinski definition) is 0. The predicted octanol–water partition coefficient (Wildman–Crippen LogP) is 18.0. The summed E-state index contributed by atoms with van der Waals surface area (Å²) < 4.78 is 13.7. The summed E-state index contributed by atoms with van der Waals surface area (Å²) in [5.41, 5.74) is 19.7. The minimum absolute atomic E-state index is 0.792. The van der Waals surface area contributed by atoms with Gasteiger partial charge in [-0.05, 0) is 93.9 Å². The molecule has 0 atom stereocenters. The van der Waals surface area contributed by atoms with Crippen molar-refractivity contribution in [3.05, 3.63) is 247 Å². The van der Waals surface area contributed by atoms with Crippen LogP contribution in [0.25, 0.3) is 88.2 Å². The van der Waals surface area contributed by atoms with Crippen LogP contribution in [-0.2, 0) is 6.42 Å². The number of anilines is 5. The van der Waals surface area contributed by atoms with Gasteiger partial charge in [0.15, 0.2) is 11.2 Å². The molecule has 2 aliphatic carbocycles. The zero-order valence-electron chi connectivity index (χ0n) is 37.1. The lowest BCUT2D eigenvalue weighted by Crippen LogP contribution is -2.21. The number of benzene rings is 10. The van der Waals surface area contributed by atoms with E-state index in [1.165, 1.54) is 33.0 Å². The number of nitrogens with zero attached hydrogens (tertiary/aromatic N) is 2. The first-order chi connectivity index (χ1) is 33.8. The second kappa shape index (κ2) is 15.4. The topological polar surface area (TPSA) is 32.8 Å². The molecule has 0 unspecified atom stereocenters. The minimum atomic E-state index is 0.792. The van der Waals surface area contributed by atoms with Crippen molar-refractivity contribution in [2.24, 2.45) is 0 Å². The van der Waals surface area contributed by atoms with Crippen molar-refractivity contribution in [2.45, 2.75) is 12.8 Å². The Kier molecular flexibility index (Phi) is 8.68. The maximum Gasteiger partial charge on any atom is 0.159 e. The molecule has 320 valence electrons. The van der Waals surface area contributed by atoms with Gasteiger partial charge in [0.25, 0.3) is 0 Å². The van der Waals surface area contributed by atoms with Crippen LogP contribution in [0, 0.1) is 0 Å². The van der Waals surface area contributed by atoms with Gasteiger partial charge in [-0.2, -0.15) is 0 Å². The molecule has 68 heavy (non-hydrogen) atoms. The van der Waals surface area contributed by atoms with Crippen molar-refractivity contribution in [1.29, 1.82) is 0 Å². The van der Waals surface area contributed by atoms with Crippen LogP contribution in [0.2, 0.25) is 0 Å². The first-order valence-corrected chi connectivity index (χ1v) is 23.4. The predicted molar refractivity (Wildman–Crippen MR) is 283 cm³/mol. The first kappa shape index (κ1) is 38.4. The summed E-state index contributed by atoms with van der Waals surface area (Å²) >= 11 is 0. The van der Waals surface area contributed by atoms with E-state index in [9.17, 15) is 0 Å². The highest BCUT2D eigenvalue weighted by Crippen LogP contribution is 2.53. The second-order valence-corrected chi connectivity index (χ2v) is 17.8. The molecule has 2 aromatic heterocycles. The molecule has 0 saturated heterocycles. The molecule has 4 nitrogen and oxygen atoms in total.